The monoisotopic (exact) mass is 386 g/mol. The van der Waals surface area contributed by atoms with Crippen LogP contribution in [-0.2, 0) is 19.6 Å². The van der Waals surface area contributed by atoms with Gasteiger partial charge in [-0.15, -0.1) is 0 Å². The lowest BCUT2D eigenvalue weighted by Gasteiger charge is -2.51. The number of hydrogen-bond acceptors (Lipinski definition) is 4. The van der Waals surface area contributed by atoms with E-state index >= 15 is 0 Å². The summed E-state index contributed by atoms with van der Waals surface area (Å²) in [6, 6.07) is 0. The topological polar surface area (TPSA) is 36.9 Å². The molecule has 1 aliphatic rings. The van der Waals surface area contributed by atoms with E-state index < -0.39 is 5.79 Å². The minimum atomic E-state index is -0.889. The molecule has 4 nitrogen and oxygen atoms in total. The quantitative estimate of drug-likeness (QED) is 0.199. The van der Waals surface area contributed by atoms with E-state index in [1.54, 1.807) is 0 Å². The van der Waals surface area contributed by atoms with Crippen LogP contribution in [0.1, 0.15) is 120 Å². The summed E-state index contributed by atoms with van der Waals surface area (Å²) in [7, 11) is 0. The highest BCUT2D eigenvalue weighted by Gasteiger charge is 2.56. The second-order valence-electron chi connectivity index (χ2n) is 9.09. The Bertz CT molecular complexity index is 384. The van der Waals surface area contributed by atoms with Crippen LogP contribution in [0.3, 0.4) is 0 Å². The molecule has 0 radical (unpaired) electrons. The molecule has 0 heterocycles. The minimum Gasteiger partial charge on any atom is -0.227 e. The summed E-state index contributed by atoms with van der Waals surface area (Å²) in [6.45, 7) is 19.7. The van der Waals surface area contributed by atoms with E-state index in [0.29, 0.717) is 5.92 Å². The van der Waals surface area contributed by atoms with Gasteiger partial charge in [-0.05, 0) is 57.3 Å². The van der Waals surface area contributed by atoms with Crippen molar-refractivity contribution in [3.63, 3.8) is 0 Å². The van der Waals surface area contributed by atoms with Gasteiger partial charge in [0.1, 0.15) is 11.2 Å². The fourth-order valence-electron chi connectivity index (χ4n) is 4.18. The van der Waals surface area contributed by atoms with Gasteiger partial charge in [-0.3, -0.25) is 0 Å². The van der Waals surface area contributed by atoms with Gasteiger partial charge in [0.25, 0.3) is 0 Å². The van der Waals surface area contributed by atoms with E-state index in [2.05, 4.69) is 62.3 Å². The predicted molar refractivity (Wildman–Crippen MR) is 111 cm³/mol. The molecule has 0 spiro atoms. The zero-order valence-electron chi connectivity index (χ0n) is 19.6. The van der Waals surface area contributed by atoms with Crippen LogP contribution in [0.2, 0.25) is 0 Å². The molecule has 4 heteroatoms. The maximum absolute atomic E-state index is 6.28. The highest BCUT2D eigenvalue weighted by molar-refractivity contribution is 4.94. The molecule has 0 N–H and O–H groups in total. The van der Waals surface area contributed by atoms with Crippen LogP contribution in [0.25, 0.3) is 0 Å². The average molecular weight is 387 g/mol. The Labute approximate surface area is 168 Å². The highest BCUT2D eigenvalue weighted by Crippen LogP contribution is 2.52. The second-order valence-corrected chi connectivity index (χ2v) is 9.09. The molecule has 27 heavy (non-hydrogen) atoms. The minimum absolute atomic E-state index is 0.215. The summed E-state index contributed by atoms with van der Waals surface area (Å²) in [5.41, 5.74) is -0.762. The Hall–Kier alpha value is -0.160. The van der Waals surface area contributed by atoms with Gasteiger partial charge in [0.05, 0.1) is 0 Å². The number of rotatable bonds is 12. The van der Waals surface area contributed by atoms with Crippen molar-refractivity contribution >= 4 is 0 Å². The molecule has 0 aromatic heterocycles. The molecule has 1 fully saturated rings. The molecule has 0 aromatic carbocycles. The predicted octanol–water partition coefficient (Wildman–Crippen LogP) is 7.36. The molecule has 0 saturated heterocycles. The Morgan fingerprint density at radius 1 is 0.741 bits per heavy atom. The first-order chi connectivity index (χ1) is 12.7. The SMILES string of the molecule is CCC(CC)(CC)OOC1(OOC(CC)(CC)CC)CCCC(C)C1(C)C. The lowest BCUT2D eigenvalue weighted by Crippen LogP contribution is -2.57. The van der Waals surface area contributed by atoms with E-state index in [-0.39, 0.29) is 16.6 Å². The number of hydrogen-bond donors (Lipinski definition) is 0. The van der Waals surface area contributed by atoms with Crippen molar-refractivity contribution in [2.24, 2.45) is 11.3 Å². The second kappa shape index (κ2) is 10.0. The zero-order chi connectivity index (χ0) is 20.8. The maximum Gasteiger partial charge on any atom is 0.239 e. The summed E-state index contributed by atoms with van der Waals surface area (Å²) < 4.78 is 0. The molecule has 1 rings (SSSR count). The standard InChI is InChI=1S/C23H46O4/c1-10-21(11-2,12-3)24-26-23(18-16-17-19(7)20(23,8)9)27-25-22(13-4,14-5)15-6/h19H,10-18H2,1-9H3. The molecule has 1 saturated carbocycles. The fraction of sp³-hybridized carbons (Fsp3) is 1.00. The van der Waals surface area contributed by atoms with Crippen LogP contribution < -0.4 is 0 Å². The third-order valence-electron chi connectivity index (χ3n) is 7.93. The average Bonchev–Trinajstić information content (AvgIpc) is 2.69. The van der Waals surface area contributed by atoms with Crippen LogP contribution in [0.5, 0.6) is 0 Å². The van der Waals surface area contributed by atoms with Gasteiger partial charge in [-0.2, -0.15) is 9.78 Å². The molecule has 0 bridgehead atoms. The van der Waals surface area contributed by atoms with E-state index in [9.17, 15) is 0 Å². The summed E-state index contributed by atoms with van der Waals surface area (Å²) in [5, 5.41) is 0. The van der Waals surface area contributed by atoms with Crippen LogP contribution in [0, 0.1) is 11.3 Å². The molecular formula is C23H46O4. The zero-order valence-corrected chi connectivity index (χ0v) is 19.6. The van der Waals surface area contributed by atoms with Gasteiger partial charge in [0.2, 0.25) is 5.79 Å². The van der Waals surface area contributed by atoms with Gasteiger partial charge >= 0.3 is 0 Å². The first-order valence-electron chi connectivity index (χ1n) is 11.4. The van der Waals surface area contributed by atoms with Crippen molar-refractivity contribution in [2.45, 2.75) is 137 Å². The smallest absolute Gasteiger partial charge is 0.227 e. The van der Waals surface area contributed by atoms with Crippen LogP contribution in [0.15, 0.2) is 0 Å². The summed E-state index contributed by atoms with van der Waals surface area (Å²) in [6.07, 6.45) is 8.47. The Morgan fingerprint density at radius 2 is 1.11 bits per heavy atom. The first kappa shape index (κ1) is 24.9. The molecule has 1 atom stereocenters. The van der Waals surface area contributed by atoms with Crippen LogP contribution in [0.4, 0.5) is 0 Å². The Kier molecular flexibility index (Phi) is 9.26. The van der Waals surface area contributed by atoms with E-state index in [1.165, 1.54) is 6.42 Å². The molecule has 162 valence electrons. The molecule has 0 aromatic rings. The largest absolute Gasteiger partial charge is 0.239 e. The van der Waals surface area contributed by atoms with Gasteiger partial charge in [-0.1, -0.05) is 62.3 Å². The van der Waals surface area contributed by atoms with E-state index in [1.807, 2.05) is 0 Å². The van der Waals surface area contributed by atoms with Crippen molar-refractivity contribution in [3.8, 4) is 0 Å². The van der Waals surface area contributed by atoms with Gasteiger partial charge < -0.3 is 0 Å². The molecule has 1 aliphatic carbocycles. The van der Waals surface area contributed by atoms with E-state index in [4.69, 9.17) is 19.6 Å². The normalized spacial score (nSPS) is 22.8. The van der Waals surface area contributed by atoms with Crippen molar-refractivity contribution in [3.05, 3.63) is 0 Å². The third-order valence-corrected chi connectivity index (χ3v) is 7.93. The van der Waals surface area contributed by atoms with Gasteiger partial charge in [0.15, 0.2) is 0 Å². The third kappa shape index (κ3) is 5.07. The van der Waals surface area contributed by atoms with Crippen LogP contribution >= 0.6 is 0 Å². The lowest BCUT2D eigenvalue weighted by molar-refractivity contribution is -0.574. The Balaban J connectivity index is 3.14. The van der Waals surface area contributed by atoms with Crippen molar-refractivity contribution in [2.75, 3.05) is 0 Å². The molecule has 1 unspecified atom stereocenters. The van der Waals surface area contributed by atoms with Gasteiger partial charge in [0, 0.05) is 11.8 Å². The molecular weight excluding hydrogens is 340 g/mol. The maximum atomic E-state index is 6.28. The van der Waals surface area contributed by atoms with Crippen molar-refractivity contribution in [1.82, 2.24) is 0 Å². The first-order valence-corrected chi connectivity index (χ1v) is 11.4. The lowest BCUT2D eigenvalue weighted by atomic mass is 9.65. The van der Waals surface area contributed by atoms with Crippen LogP contribution in [-0.4, -0.2) is 17.0 Å². The fourth-order valence-corrected chi connectivity index (χ4v) is 4.18. The summed E-state index contributed by atoms with van der Waals surface area (Å²) in [4.78, 5) is 24.9. The Morgan fingerprint density at radius 3 is 1.44 bits per heavy atom. The summed E-state index contributed by atoms with van der Waals surface area (Å²) in [5.74, 6) is -0.433. The molecule has 0 amide bonds. The van der Waals surface area contributed by atoms with E-state index in [0.717, 1.165) is 51.4 Å². The van der Waals surface area contributed by atoms with Crippen molar-refractivity contribution in [1.29, 1.82) is 0 Å². The molecule has 0 aliphatic heterocycles. The highest BCUT2D eigenvalue weighted by atomic mass is 17.3. The summed E-state index contributed by atoms with van der Waals surface area (Å²) >= 11 is 0. The van der Waals surface area contributed by atoms with Gasteiger partial charge in [-0.25, -0.2) is 9.78 Å². The van der Waals surface area contributed by atoms with Crippen molar-refractivity contribution < 1.29 is 19.6 Å².